The van der Waals surface area contributed by atoms with Gasteiger partial charge in [0.15, 0.2) is 0 Å². The number of benzene rings is 1. The van der Waals surface area contributed by atoms with Gasteiger partial charge in [0.1, 0.15) is 4.21 Å². The molecule has 3 N–H and O–H groups in total. The maximum absolute atomic E-state index is 12.7. The molecule has 1 aromatic carbocycles. The molecule has 1 fully saturated rings. The van der Waals surface area contributed by atoms with Crippen molar-refractivity contribution in [1.29, 1.82) is 0 Å². The van der Waals surface area contributed by atoms with Gasteiger partial charge in [-0.25, -0.2) is 13.2 Å². The van der Waals surface area contributed by atoms with Crippen LogP contribution in [0.15, 0.2) is 40.6 Å². The molecule has 1 aliphatic heterocycles. The summed E-state index contributed by atoms with van der Waals surface area (Å²) >= 11 is 1.24. The summed E-state index contributed by atoms with van der Waals surface area (Å²) in [6.45, 7) is 2.95. The van der Waals surface area contributed by atoms with Gasteiger partial charge in [-0.1, -0.05) is 6.07 Å². The van der Waals surface area contributed by atoms with E-state index in [1.54, 1.807) is 41.3 Å². The van der Waals surface area contributed by atoms with Gasteiger partial charge in [0.25, 0.3) is 15.9 Å². The lowest BCUT2D eigenvalue weighted by Crippen LogP contribution is -2.50. The molecule has 0 radical (unpaired) electrons. The van der Waals surface area contributed by atoms with Crippen LogP contribution >= 0.6 is 11.3 Å². The largest absolute Gasteiger partial charge is 0.351 e. The van der Waals surface area contributed by atoms with Crippen molar-refractivity contribution in [3.05, 3.63) is 46.8 Å². The molecular weight excluding hydrogens is 388 g/mol. The van der Waals surface area contributed by atoms with Crippen molar-refractivity contribution in [2.75, 3.05) is 31.5 Å². The highest BCUT2D eigenvalue weighted by molar-refractivity contribution is 7.91. The van der Waals surface area contributed by atoms with Gasteiger partial charge in [0.05, 0.1) is 0 Å². The summed E-state index contributed by atoms with van der Waals surface area (Å²) in [5, 5.41) is 2.43. The highest BCUT2D eigenvalue weighted by Gasteiger charge is 2.31. The van der Waals surface area contributed by atoms with Gasteiger partial charge in [-0.05, 0) is 37.3 Å². The normalized spacial score (nSPS) is 15.5. The molecule has 1 aliphatic rings. The van der Waals surface area contributed by atoms with Crippen LogP contribution in [0.25, 0.3) is 0 Å². The fraction of sp³-hybridized carbons (Fsp3) is 0.294. The number of anilines is 1. The van der Waals surface area contributed by atoms with Crippen LogP contribution in [0.2, 0.25) is 0 Å². The van der Waals surface area contributed by atoms with Crippen molar-refractivity contribution in [3.8, 4) is 0 Å². The molecule has 0 unspecified atom stereocenters. The monoisotopic (exact) mass is 408 g/mol. The van der Waals surface area contributed by atoms with Crippen LogP contribution in [0.3, 0.4) is 0 Å². The molecule has 8 nitrogen and oxygen atoms in total. The van der Waals surface area contributed by atoms with E-state index in [1.165, 1.54) is 15.6 Å². The van der Waals surface area contributed by atoms with Crippen LogP contribution in [-0.2, 0) is 10.0 Å². The number of urea groups is 1. The summed E-state index contributed by atoms with van der Waals surface area (Å²) in [6, 6.07) is 9.17. The van der Waals surface area contributed by atoms with Gasteiger partial charge in [-0.2, -0.15) is 4.31 Å². The highest BCUT2D eigenvalue weighted by atomic mass is 32.2. The fourth-order valence-corrected chi connectivity index (χ4v) is 5.72. The lowest BCUT2D eigenvalue weighted by molar-refractivity contribution is 0.0698. The van der Waals surface area contributed by atoms with Crippen molar-refractivity contribution in [2.24, 2.45) is 5.73 Å². The Morgan fingerprint density at radius 3 is 2.41 bits per heavy atom. The Kier molecular flexibility index (Phi) is 5.49. The maximum Gasteiger partial charge on any atom is 0.316 e. The molecular formula is C17H20N4O4S2. The Balaban J connectivity index is 1.67. The van der Waals surface area contributed by atoms with Crippen LogP contribution in [0.5, 0.6) is 0 Å². The van der Waals surface area contributed by atoms with Crippen LogP contribution in [0, 0.1) is 6.92 Å². The molecule has 0 bridgehead atoms. The quantitative estimate of drug-likeness (QED) is 0.801. The third-order valence-corrected chi connectivity index (χ3v) is 7.58. The number of hydrogen-bond acceptors (Lipinski definition) is 5. The molecule has 0 saturated carbocycles. The number of rotatable bonds is 4. The predicted molar refractivity (Wildman–Crippen MR) is 103 cm³/mol. The first-order valence-electron chi connectivity index (χ1n) is 8.30. The van der Waals surface area contributed by atoms with E-state index in [4.69, 9.17) is 5.73 Å². The zero-order chi connectivity index (χ0) is 19.6. The molecule has 144 valence electrons. The lowest BCUT2D eigenvalue weighted by atomic mass is 10.1. The Labute approximate surface area is 161 Å². The van der Waals surface area contributed by atoms with Crippen molar-refractivity contribution in [3.63, 3.8) is 0 Å². The number of hydrogen-bond donors (Lipinski definition) is 2. The van der Waals surface area contributed by atoms with Gasteiger partial charge in [-0.15, -0.1) is 11.3 Å². The SMILES string of the molecule is Cc1ccc(S(=O)(=O)N2CCN(C(=O)c3cccc(NC(N)=O)c3)CC2)s1. The van der Waals surface area contributed by atoms with Crippen LogP contribution in [0.1, 0.15) is 15.2 Å². The Morgan fingerprint density at radius 2 is 1.81 bits per heavy atom. The number of sulfonamides is 1. The van der Waals surface area contributed by atoms with Gasteiger partial charge < -0.3 is 16.0 Å². The molecule has 3 amide bonds. The van der Waals surface area contributed by atoms with Crippen molar-refractivity contribution >= 4 is 39.0 Å². The van der Waals surface area contributed by atoms with Crippen LogP contribution in [-0.4, -0.2) is 55.7 Å². The lowest BCUT2D eigenvalue weighted by Gasteiger charge is -2.33. The van der Waals surface area contributed by atoms with E-state index >= 15 is 0 Å². The van der Waals surface area contributed by atoms with Crippen LogP contribution < -0.4 is 11.1 Å². The zero-order valence-electron chi connectivity index (χ0n) is 14.7. The Morgan fingerprint density at radius 1 is 1.11 bits per heavy atom. The molecule has 2 heterocycles. The number of nitrogens with one attached hydrogen (secondary N) is 1. The smallest absolute Gasteiger partial charge is 0.316 e. The average molecular weight is 409 g/mol. The summed E-state index contributed by atoms with van der Waals surface area (Å²) in [4.78, 5) is 26.2. The zero-order valence-corrected chi connectivity index (χ0v) is 16.3. The predicted octanol–water partition coefficient (Wildman–Crippen LogP) is 1.69. The Bertz CT molecular complexity index is 963. The van der Waals surface area contributed by atoms with E-state index in [9.17, 15) is 18.0 Å². The first-order valence-corrected chi connectivity index (χ1v) is 10.6. The second-order valence-electron chi connectivity index (χ2n) is 6.13. The summed E-state index contributed by atoms with van der Waals surface area (Å²) in [5.41, 5.74) is 5.93. The number of amides is 3. The number of aryl methyl sites for hydroxylation is 1. The minimum Gasteiger partial charge on any atom is -0.351 e. The summed E-state index contributed by atoms with van der Waals surface area (Å²) in [6.07, 6.45) is 0. The third kappa shape index (κ3) is 4.29. The van der Waals surface area contributed by atoms with Gasteiger partial charge in [0, 0.05) is 42.3 Å². The molecule has 0 spiro atoms. The standard InChI is InChI=1S/C17H20N4O4S2/c1-12-5-6-15(26-12)27(24,25)21-9-7-20(8-10-21)16(22)13-3-2-4-14(11-13)19-17(18)23/h2-6,11H,7-10H2,1H3,(H3,18,19,23). The first-order chi connectivity index (χ1) is 12.8. The molecule has 1 saturated heterocycles. The van der Waals surface area contributed by atoms with E-state index in [2.05, 4.69) is 5.32 Å². The second kappa shape index (κ2) is 7.67. The number of carbonyl (C=O) groups excluding carboxylic acids is 2. The molecule has 1 aromatic heterocycles. The van der Waals surface area contributed by atoms with E-state index < -0.39 is 16.1 Å². The molecule has 0 atom stereocenters. The Hall–Kier alpha value is -2.43. The van der Waals surface area contributed by atoms with Crippen molar-refractivity contribution < 1.29 is 18.0 Å². The topological polar surface area (TPSA) is 113 Å². The summed E-state index contributed by atoms with van der Waals surface area (Å²) < 4.78 is 27.1. The number of thiophene rings is 1. The highest BCUT2D eigenvalue weighted by Crippen LogP contribution is 2.25. The second-order valence-corrected chi connectivity index (χ2v) is 9.58. The number of primary amides is 1. The molecule has 27 heavy (non-hydrogen) atoms. The van der Waals surface area contributed by atoms with Crippen molar-refractivity contribution in [2.45, 2.75) is 11.1 Å². The first kappa shape index (κ1) is 19.3. The van der Waals surface area contributed by atoms with E-state index in [1.807, 2.05) is 6.92 Å². The molecule has 3 rings (SSSR count). The summed E-state index contributed by atoms with van der Waals surface area (Å²) in [5.74, 6) is -0.216. The minimum absolute atomic E-state index is 0.216. The number of nitrogens with two attached hydrogens (primary N) is 1. The number of nitrogens with zero attached hydrogens (tertiary/aromatic N) is 2. The fourth-order valence-electron chi connectivity index (χ4n) is 2.86. The third-order valence-electron chi connectivity index (χ3n) is 4.21. The van der Waals surface area contributed by atoms with Gasteiger partial charge in [-0.3, -0.25) is 4.79 Å². The maximum atomic E-state index is 12.7. The molecule has 0 aliphatic carbocycles. The van der Waals surface area contributed by atoms with Gasteiger partial charge >= 0.3 is 6.03 Å². The summed E-state index contributed by atoms with van der Waals surface area (Å²) in [7, 11) is -3.52. The molecule has 10 heteroatoms. The van der Waals surface area contributed by atoms with E-state index in [0.717, 1.165) is 4.88 Å². The van der Waals surface area contributed by atoms with E-state index in [-0.39, 0.29) is 19.0 Å². The van der Waals surface area contributed by atoms with Gasteiger partial charge in [0.2, 0.25) is 0 Å². The van der Waals surface area contributed by atoms with E-state index in [0.29, 0.717) is 28.5 Å². The number of piperazine rings is 1. The molecule has 2 aromatic rings. The average Bonchev–Trinajstić information content (AvgIpc) is 3.08. The van der Waals surface area contributed by atoms with Crippen LogP contribution in [0.4, 0.5) is 10.5 Å². The number of carbonyl (C=O) groups is 2. The van der Waals surface area contributed by atoms with Crippen molar-refractivity contribution in [1.82, 2.24) is 9.21 Å². The minimum atomic E-state index is -3.52.